The van der Waals surface area contributed by atoms with Gasteiger partial charge in [-0.25, -0.2) is 4.39 Å². The van der Waals surface area contributed by atoms with E-state index in [0.717, 1.165) is 12.8 Å². The van der Waals surface area contributed by atoms with Crippen LogP contribution in [0.1, 0.15) is 18.4 Å². The van der Waals surface area contributed by atoms with E-state index in [1.807, 2.05) is 0 Å². The quantitative estimate of drug-likeness (QED) is 0.769. The number of halogens is 2. The molecule has 0 amide bonds. The van der Waals surface area contributed by atoms with Crippen LogP contribution in [-0.2, 0) is 0 Å². The van der Waals surface area contributed by atoms with Crippen LogP contribution in [0.4, 0.5) is 4.39 Å². The van der Waals surface area contributed by atoms with Crippen LogP contribution in [0, 0.1) is 17.1 Å². The van der Waals surface area contributed by atoms with E-state index in [1.165, 1.54) is 0 Å². The fraction of sp³-hybridized carbons (Fsp3) is 0.300. The van der Waals surface area contributed by atoms with Crippen LogP contribution in [0.15, 0.2) is 22.7 Å². The largest absolute Gasteiger partial charge is 0.304 e. The average Bonchev–Trinajstić information content (AvgIpc) is 2.91. The van der Waals surface area contributed by atoms with Crippen molar-refractivity contribution in [3.63, 3.8) is 0 Å². The molecule has 2 rings (SSSR count). The van der Waals surface area contributed by atoms with Crippen molar-refractivity contribution >= 4 is 21.6 Å². The Bertz CT molecular complexity index is 358. The molecule has 1 fully saturated rings. The maximum atomic E-state index is 13.5. The van der Waals surface area contributed by atoms with Gasteiger partial charge in [0.2, 0.25) is 0 Å². The molecule has 0 radical (unpaired) electrons. The summed E-state index contributed by atoms with van der Waals surface area (Å²) in [7, 11) is 0. The van der Waals surface area contributed by atoms with Crippen LogP contribution in [-0.4, -0.2) is 5.71 Å². The average molecular weight is 242 g/mol. The number of rotatable bonds is 2. The lowest BCUT2D eigenvalue weighted by Gasteiger charge is -2.04. The summed E-state index contributed by atoms with van der Waals surface area (Å²) in [5, 5.41) is 7.72. The molecule has 1 aromatic carbocycles. The van der Waals surface area contributed by atoms with Gasteiger partial charge in [0.1, 0.15) is 5.82 Å². The van der Waals surface area contributed by atoms with Crippen molar-refractivity contribution in [2.24, 2.45) is 5.92 Å². The molecule has 0 aliphatic heterocycles. The molecule has 3 heteroatoms. The zero-order valence-corrected chi connectivity index (χ0v) is 8.57. The molecule has 0 bridgehead atoms. The van der Waals surface area contributed by atoms with E-state index in [9.17, 15) is 4.39 Å². The normalized spacial score (nSPS) is 15.8. The first-order valence-corrected chi connectivity index (χ1v) is 5.02. The van der Waals surface area contributed by atoms with Crippen molar-refractivity contribution in [3.05, 3.63) is 34.1 Å². The van der Waals surface area contributed by atoms with Gasteiger partial charge in [0, 0.05) is 17.2 Å². The van der Waals surface area contributed by atoms with Crippen molar-refractivity contribution in [1.82, 2.24) is 0 Å². The van der Waals surface area contributed by atoms with Gasteiger partial charge in [-0.3, -0.25) is 0 Å². The monoisotopic (exact) mass is 241 g/mol. The highest BCUT2D eigenvalue weighted by molar-refractivity contribution is 9.10. The maximum absolute atomic E-state index is 13.5. The van der Waals surface area contributed by atoms with Crippen molar-refractivity contribution < 1.29 is 4.39 Å². The molecule has 0 saturated heterocycles. The van der Waals surface area contributed by atoms with Crippen LogP contribution in [0.5, 0.6) is 0 Å². The van der Waals surface area contributed by atoms with E-state index < -0.39 is 0 Å². The van der Waals surface area contributed by atoms with Gasteiger partial charge < -0.3 is 5.41 Å². The lowest BCUT2D eigenvalue weighted by atomic mass is 10.1. The van der Waals surface area contributed by atoms with E-state index in [4.69, 9.17) is 5.41 Å². The molecule has 1 aliphatic rings. The molecular formula is C10H9BrFN. The summed E-state index contributed by atoms with van der Waals surface area (Å²) >= 11 is 3.11. The highest BCUT2D eigenvalue weighted by atomic mass is 79.9. The fourth-order valence-electron chi connectivity index (χ4n) is 1.30. The Morgan fingerprint density at radius 1 is 1.46 bits per heavy atom. The standard InChI is InChI=1S/C10H9BrFN/c11-8-3-1-2-7(9(8)12)10(13)6-4-5-6/h1-3,6,13H,4-5H2. The van der Waals surface area contributed by atoms with Gasteiger partial charge in [-0.05, 0) is 34.8 Å². The Balaban J connectivity index is 2.38. The number of nitrogens with one attached hydrogen (secondary N) is 1. The van der Waals surface area contributed by atoms with Crippen LogP contribution in [0.3, 0.4) is 0 Å². The van der Waals surface area contributed by atoms with Crippen LogP contribution >= 0.6 is 15.9 Å². The summed E-state index contributed by atoms with van der Waals surface area (Å²) in [6.45, 7) is 0. The minimum atomic E-state index is -0.306. The third kappa shape index (κ3) is 1.66. The van der Waals surface area contributed by atoms with Crippen molar-refractivity contribution in [2.75, 3.05) is 0 Å². The molecule has 0 heterocycles. The SMILES string of the molecule is N=C(c1cccc(Br)c1F)C1CC1. The van der Waals surface area contributed by atoms with Crippen LogP contribution in [0.25, 0.3) is 0 Å². The van der Waals surface area contributed by atoms with Gasteiger partial charge in [0.25, 0.3) is 0 Å². The number of hydrogen-bond acceptors (Lipinski definition) is 1. The van der Waals surface area contributed by atoms with Crippen molar-refractivity contribution in [3.8, 4) is 0 Å². The lowest BCUT2D eigenvalue weighted by molar-refractivity contribution is 0.617. The van der Waals surface area contributed by atoms with Crippen molar-refractivity contribution in [2.45, 2.75) is 12.8 Å². The Labute approximate surface area is 84.6 Å². The summed E-state index contributed by atoms with van der Waals surface area (Å²) in [4.78, 5) is 0. The van der Waals surface area contributed by atoms with E-state index in [1.54, 1.807) is 18.2 Å². The molecule has 0 unspecified atom stereocenters. The Morgan fingerprint density at radius 2 is 2.15 bits per heavy atom. The van der Waals surface area contributed by atoms with Gasteiger partial charge in [-0.15, -0.1) is 0 Å². The topological polar surface area (TPSA) is 23.9 Å². The summed E-state index contributed by atoms with van der Waals surface area (Å²) in [5.41, 5.74) is 0.885. The fourth-order valence-corrected chi connectivity index (χ4v) is 1.67. The second-order valence-corrected chi connectivity index (χ2v) is 4.14. The molecule has 1 N–H and O–H groups in total. The number of hydrogen-bond donors (Lipinski definition) is 1. The molecule has 13 heavy (non-hydrogen) atoms. The van der Waals surface area contributed by atoms with E-state index in [0.29, 0.717) is 21.7 Å². The van der Waals surface area contributed by atoms with Crippen LogP contribution < -0.4 is 0 Å². The van der Waals surface area contributed by atoms with Gasteiger partial charge in [0.15, 0.2) is 0 Å². The highest BCUT2D eigenvalue weighted by Crippen LogP contribution is 2.34. The molecule has 68 valence electrons. The predicted octanol–water partition coefficient (Wildman–Crippen LogP) is 3.37. The molecular weight excluding hydrogens is 233 g/mol. The minimum Gasteiger partial charge on any atom is -0.304 e. The summed E-state index contributed by atoms with van der Waals surface area (Å²) in [5.74, 6) is -0.0109. The number of benzene rings is 1. The Hall–Kier alpha value is -0.700. The molecule has 0 spiro atoms. The zero-order chi connectivity index (χ0) is 9.42. The molecule has 0 aromatic heterocycles. The third-order valence-corrected chi connectivity index (χ3v) is 2.84. The van der Waals surface area contributed by atoms with Gasteiger partial charge in [-0.2, -0.15) is 0 Å². The predicted molar refractivity (Wildman–Crippen MR) is 53.7 cm³/mol. The maximum Gasteiger partial charge on any atom is 0.146 e. The van der Waals surface area contributed by atoms with Gasteiger partial charge in [-0.1, -0.05) is 12.1 Å². The summed E-state index contributed by atoms with van der Waals surface area (Å²) in [6.07, 6.45) is 2.07. The van der Waals surface area contributed by atoms with Crippen molar-refractivity contribution in [1.29, 1.82) is 5.41 Å². The first-order valence-electron chi connectivity index (χ1n) is 4.23. The van der Waals surface area contributed by atoms with E-state index >= 15 is 0 Å². The van der Waals surface area contributed by atoms with Gasteiger partial charge in [0.05, 0.1) is 4.47 Å². The first kappa shape index (κ1) is 8.88. The molecule has 1 nitrogen and oxygen atoms in total. The highest BCUT2D eigenvalue weighted by Gasteiger charge is 2.28. The zero-order valence-electron chi connectivity index (χ0n) is 6.98. The van der Waals surface area contributed by atoms with E-state index in [-0.39, 0.29) is 5.82 Å². The second-order valence-electron chi connectivity index (χ2n) is 3.29. The molecule has 1 aromatic rings. The van der Waals surface area contributed by atoms with Gasteiger partial charge >= 0.3 is 0 Å². The van der Waals surface area contributed by atoms with Crippen LogP contribution in [0.2, 0.25) is 0 Å². The Kier molecular flexibility index (Phi) is 2.20. The second kappa shape index (κ2) is 3.22. The summed E-state index contributed by atoms with van der Waals surface area (Å²) in [6, 6.07) is 5.08. The first-order chi connectivity index (χ1) is 6.20. The minimum absolute atomic E-state index is 0.295. The molecule has 0 atom stereocenters. The van der Waals surface area contributed by atoms with E-state index in [2.05, 4.69) is 15.9 Å². The lowest BCUT2D eigenvalue weighted by Crippen LogP contribution is -2.04. The molecule has 1 saturated carbocycles. The third-order valence-electron chi connectivity index (χ3n) is 2.23. The molecule has 1 aliphatic carbocycles. The smallest absolute Gasteiger partial charge is 0.146 e. The Morgan fingerprint density at radius 3 is 2.77 bits per heavy atom. The summed E-state index contributed by atoms with van der Waals surface area (Å²) < 4.78 is 13.9.